The number of anilines is 1. The number of carbonyl (C=O) groups excluding carboxylic acids is 3. The van der Waals surface area contributed by atoms with Crippen molar-refractivity contribution < 1.29 is 45.1 Å². The van der Waals surface area contributed by atoms with Gasteiger partial charge in [0, 0.05) is 35.8 Å². The van der Waals surface area contributed by atoms with Crippen LogP contribution >= 0.6 is 0 Å². The quantitative estimate of drug-likeness (QED) is 0.375. The molecule has 0 unspecified atom stereocenters. The lowest BCUT2D eigenvalue weighted by molar-refractivity contribution is -0.152. The van der Waals surface area contributed by atoms with E-state index in [0.29, 0.717) is 22.4 Å². The van der Waals surface area contributed by atoms with Crippen molar-refractivity contribution >= 4 is 29.1 Å². The number of hydrogen-bond acceptors (Lipinski definition) is 4. The number of benzodiazepines with no additional fused rings is 1. The molecule has 0 saturated carbocycles. The second-order valence-electron chi connectivity index (χ2n) is 9.31. The van der Waals surface area contributed by atoms with Crippen LogP contribution in [0.3, 0.4) is 0 Å². The number of nitrogens with zero attached hydrogens (tertiary/aromatic N) is 1. The average molecular weight is 574 g/mol. The highest BCUT2D eigenvalue weighted by Crippen LogP contribution is 2.33. The Kier molecular flexibility index (Phi) is 9.21. The van der Waals surface area contributed by atoms with Gasteiger partial charge in [-0.15, -0.1) is 0 Å². The molecule has 0 fully saturated rings. The number of primary amides is 1. The smallest absolute Gasteiger partial charge is 0.369 e. The highest BCUT2D eigenvalue weighted by molar-refractivity contribution is 6.20. The average Bonchev–Trinajstić information content (AvgIpc) is 2.97. The van der Waals surface area contributed by atoms with Gasteiger partial charge in [-0.2, -0.15) is 26.3 Å². The van der Waals surface area contributed by atoms with Crippen molar-refractivity contribution in [2.45, 2.75) is 51.1 Å². The number of aryl methyl sites for hydroxylation is 1. The van der Waals surface area contributed by atoms with Crippen molar-refractivity contribution in [1.82, 2.24) is 5.32 Å². The lowest BCUT2D eigenvalue weighted by Gasteiger charge is -2.26. The first-order chi connectivity index (χ1) is 18.6. The van der Waals surface area contributed by atoms with Crippen LogP contribution in [0, 0.1) is 24.6 Å². The van der Waals surface area contributed by atoms with Crippen molar-refractivity contribution in [1.29, 1.82) is 0 Å². The van der Waals surface area contributed by atoms with Crippen LogP contribution in [0.1, 0.15) is 42.4 Å². The number of nitrogens with two attached hydrogens (primary N) is 1. The summed E-state index contributed by atoms with van der Waals surface area (Å²) in [5.74, 6) is -8.01. The minimum Gasteiger partial charge on any atom is -0.369 e. The molecule has 1 heterocycles. The van der Waals surface area contributed by atoms with Gasteiger partial charge in [0.15, 0.2) is 0 Å². The molecular formula is C26H25F7N4O3. The van der Waals surface area contributed by atoms with E-state index in [1.165, 1.54) is 12.1 Å². The Morgan fingerprint density at radius 1 is 0.975 bits per heavy atom. The molecule has 3 atom stereocenters. The van der Waals surface area contributed by atoms with Crippen molar-refractivity contribution in [2.24, 2.45) is 22.6 Å². The summed E-state index contributed by atoms with van der Waals surface area (Å²) in [6.45, 7) is 1.67. The summed E-state index contributed by atoms with van der Waals surface area (Å²) in [7, 11) is 0. The predicted molar refractivity (Wildman–Crippen MR) is 131 cm³/mol. The molecule has 0 aliphatic carbocycles. The Morgan fingerprint density at radius 2 is 1.55 bits per heavy atom. The first kappa shape index (κ1) is 30.6. The van der Waals surface area contributed by atoms with Crippen molar-refractivity contribution in [3.05, 3.63) is 65.0 Å². The molecule has 0 bridgehead atoms. The number of halogens is 7. The molecule has 0 spiro atoms. The van der Waals surface area contributed by atoms with Gasteiger partial charge in [-0.3, -0.25) is 14.4 Å². The number of aliphatic imine (C=N–C) groups is 1. The van der Waals surface area contributed by atoms with E-state index < -0.39 is 79.6 Å². The Hall–Kier alpha value is -3.97. The second-order valence-corrected chi connectivity index (χ2v) is 9.31. The van der Waals surface area contributed by atoms with Gasteiger partial charge in [0.1, 0.15) is 5.82 Å². The van der Waals surface area contributed by atoms with Crippen LogP contribution in [0.5, 0.6) is 0 Å². The maximum absolute atomic E-state index is 13.6. The molecule has 0 aromatic heterocycles. The van der Waals surface area contributed by atoms with Crippen LogP contribution in [0.2, 0.25) is 0 Å². The fraction of sp³-hybridized carbons (Fsp3) is 0.385. The molecule has 7 nitrogen and oxygen atoms in total. The van der Waals surface area contributed by atoms with Gasteiger partial charge in [0.2, 0.25) is 18.0 Å². The van der Waals surface area contributed by atoms with Crippen molar-refractivity contribution in [3.63, 3.8) is 0 Å². The van der Waals surface area contributed by atoms with Gasteiger partial charge in [-0.25, -0.2) is 9.38 Å². The van der Waals surface area contributed by atoms with E-state index in [-0.39, 0.29) is 5.71 Å². The topological polar surface area (TPSA) is 114 Å². The number of alkyl halides is 6. The molecule has 2 aromatic rings. The maximum atomic E-state index is 13.6. The largest absolute Gasteiger partial charge is 0.389 e. The number of amides is 3. The number of benzene rings is 2. The predicted octanol–water partition coefficient (Wildman–Crippen LogP) is 4.77. The van der Waals surface area contributed by atoms with Crippen LogP contribution in [0.25, 0.3) is 0 Å². The molecule has 0 saturated heterocycles. The molecule has 3 amide bonds. The number of carbonyl (C=O) groups is 3. The van der Waals surface area contributed by atoms with E-state index in [2.05, 4.69) is 15.6 Å². The van der Waals surface area contributed by atoms with Crippen molar-refractivity contribution in [2.75, 3.05) is 5.32 Å². The minimum atomic E-state index is -4.79. The fourth-order valence-electron chi connectivity index (χ4n) is 4.35. The van der Waals surface area contributed by atoms with Gasteiger partial charge in [-0.1, -0.05) is 18.2 Å². The number of rotatable bonds is 9. The third-order valence-corrected chi connectivity index (χ3v) is 6.34. The van der Waals surface area contributed by atoms with Gasteiger partial charge < -0.3 is 16.4 Å². The van der Waals surface area contributed by atoms with E-state index in [1.807, 2.05) is 0 Å². The Labute approximate surface area is 224 Å². The van der Waals surface area contributed by atoms with E-state index in [4.69, 9.17) is 5.73 Å². The van der Waals surface area contributed by atoms with Crippen LogP contribution in [0.15, 0.2) is 47.5 Å². The molecule has 1 aliphatic rings. The molecule has 3 rings (SSSR count). The Balaban J connectivity index is 2.01. The summed E-state index contributed by atoms with van der Waals surface area (Å²) in [5.41, 5.74) is 6.96. The lowest BCUT2D eigenvalue weighted by Crippen LogP contribution is -2.48. The molecule has 0 radical (unpaired) electrons. The molecular weight excluding hydrogens is 549 g/mol. The summed E-state index contributed by atoms with van der Waals surface area (Å²) >= 11 is 0. The van der Waals surface area contributed by atoms with E-state index >= 15 is 0 Å². The monoisotopic (exact) mass is 574 g/mol. The Bertz CT molecular complexity index is 1290. The summed E-state index contributed by atoms with van der Waals surface area (Å²) < 4.78 is 91.2. The fourth-order valence-corrected chi connectivity index (χ4v) is 4.35. The zero-order valence-electron chi connectivity index (χ0n) is 21.0. The zero-order chi connectivity index (χ0) is 29.8. The number of hydrogen-bond donors (Lipinski definition) is 3. The Morgan fingerprint density at radius 3 is 2.10 bits per heavy atom. The summed E-state index contributed by atoms with van der Waals surface area (Å²) in [4.78, 5) is 42.6. The first-order valence-electron chi connectivity index (χ1n) is 12.0. The van der Waals surface area contributed by atoms with Crippen molar-refractivity contribution in [3.8, 4) is 0 Å². The molecule has 1 aliphatic heterocycles. The summed E-state index contributed by atoms with van der Waals surface area (Å²) in [6.07, 6.45) is -16.6. The highest BCUT2D eigenvalue weighted by atomic mass is 19.4. The third kappa shape index (κ3) is 8.02. The number of nitrogens with one attached hydrogen (secondary N) is 2. The molecule has 14 heteroatoms. The third-order valence-electron chi connectivity index (χ3n) is 6.34. The van der Waals surface area contributed by atoms with E-state index in [0.717, 1.165) is 12.1 Å². The minimum absolute atomic E-state index is 0.123. The number of para-hydroxylation sites is 1. The van der Waals surface area contributed by atoms with Gasteiger partial charge >= 0.3 is 12.4 Å². The molecule has 2 aromatic carbocycles. The SMILES string of the molecule is Cc1cccc2c1NC(=O)[C@@H](NC(=O)[C@@H](CCC(F)(F)F)[C@@H](CCC(F)(F)F)C(N)=O)N=C2c1ccc(F)cc1. The first-order valence-corrected chi connectivity index (χ1v) is 12.0. The second kappa shape index (κ2) is 12.0. The normalized spacial score (nSPS) is 17.1. The van der Waals surface area contributed by atoms with Crippen LogP contribution in [-0.4, -0.2) is 42.0 Å². The van der Waals surface area contributed by atoms with Gasteiger partial charge in [0.25, 0.3) is 5.91 Å². The van der Waals surface area contributed by atoms with Crippen LogP contribution in [-0.2, 0) is 14.4 Å². The maximum Gasteiger partial charge on any atom is 0.389 e. The zero-order valence-corrected chi connectivity index (χ0v) is 21.0. The molecule has 4 N–H and O–H groups in total. The van der Waals surface area contributed by atoms with Crippen LogP contribution in [0.4, 0.5) is 36.4 Å². The van der Waals surface area contributed by atoms with E-state index in [1.54, 1.807) is 25.1 Å². The number of fused-ring (bicyclic) bond motifs is 1. The van der Waals surface area contributed by atoms with Crippen LogP contribution < -0.4 is 16.4 Å². The van der Waals surface area contributed by atoms with Gasteiger partial charge in [-0.05, 0) is 49.6 Å². The lowest BCUT2D eigenvalue weighted by atomic mass is 9.83. The molecule has 216 valence electrons. The highest BCUT2D eigenvalue weighted by Gasteiger charge is 2.40. The van der Waals surface area contributed by atoms with Gasteiger partial charge in [0.05, 0.1) is 11.4 Å². The summed E-state index contributed by atoms with van der Waals surface area (Å²) in [6, 6.07) is 9.91. The molecule has 40 heavy (non-hydrogen) atoms. The standard InChI is InChI=1S/C26H25F7N4O3/c1-13-3-2-4-18-19(13)36-24(40)22(35-20(18)14-5-7-15(27)8-6-14)37-23(39)17(10-12-26(31,32)33)16(21(34)38)9-11-25(28,29)30/h2-8,16-17,22H,9-12H2,1H3,(H2,34,38)(H,36,40)(H,37,39)/t16-,17+,22-/m1/s1. The van der Waals surface area contributed by atoms with E-state index in [9.17, 15) is 45.1 Å². The summed E-state index contributed by atoms with van der Waals surface area (Å²) in [5, 5.41) is 4.76.